The Morgan fingerprint density at radius 3 is 2.50 bits per heavy atom. The van der Waals surface area contributed by atoms with Crippen molar-refractivity contribution in [1.82, 2.24) is 10.2 Å². The summed E-state index contributed by atoms with van der Waals surface area (Å²) in [4.78, 5) is 13.8. The minimum absolute atomic E-state index is 0.275. The predicted octanol–water partition coefficient (Wildman–Crippen LogP) is 2.73. The maximum atomic E-state index is 11.5. The van der Waals surface area contributed by atoms with Gasteiger partial charge in [-0.15, -0.1) is 0 Å². The number of nitrogens with zero attached hydrogens (tertiary/aromatic N) is 1. The summed E-state index contributed by atoms with van der Waals surface area (Å²) in [5, 5.41) is 12.6. The van der Waals surface area contributed by atoms with E-state index in [2.05, 4.69) is 24.2 Å². The maximum absolute atomic E-state index is 11.5. The molecule has 2 N–H and O–H groups in total. The van der Waals surface area contributed by atoms with Crippen LogP contribution >= 0.6 is 0 Å². The molecule has 0 aromatic rings. The van der Waals surface area contributed by atoms with Gasteiger partial charge in [-0.2, -0.15) is 0 Å². The van der Waals surface area contributed by atoms with Crippen LogP contribution in [0.1, 0.15) is 59.3 Å². The molecule has 4 nitrogen and oxygen atoms in total. The highest BCUT2D eigenvalue weighted by Gasteiger charge is 2.34. The summed E-state index contributed by atoms with van der Waals surface area (Å²) in [6.45, 7) is 7.67. The van der Waals surface area contributed by atoms with E-state index in [1.165, 1.54) is 32.1 Å². The van der Waals surface area contributed by atoms with Crippen LogP contribution in [-0.2, 0) is 4.79 Å². The third-order valence-corrected chi connectivity index (χ3v) is 4.77. The lowest BCUT2D eigenvalue weighted by Crippen LogP contribution is -2.53. The van der Waals surface area contributed by atoms with Crippen LogP contribution in [-0.4, -0.2) is 47.7 Å². The second-order valence-corrected chi connectivity index (χ2v) is 6.66. The van der Waals surface area contributed by atoms with Gasteiger partial charge in [0.1, 0.15) is 5.54 Å². The van der Waals surface area contributed by atoms with Crippen molar-refractivity contribution in [3.63, 3.8) is 0 Å². The van der Waals surface area contributed by atoms with E-state index in [0.717, 1.165) is 12.5 Å². The number of likely N-dealkylation sites (N-methyl/N-ethyl adjacent to an activating group) is 1. The van der Waals surface area contributed by atoms with Crippen LogP contribution in [0.2, 0.25) is 0 Å². The molecule has 1 fully saturated rings. The Kier molecular flexibility index (Phi) is 6.96. The quantitative estimate of drug-likeness (QED) is 0.719. The zero-order valence-corrected chi connectivity index (χ0v) is 13.6. The Balaban J connectivity index is 2.50. The molecule has 0 aliphatic heterocycles. The first kappa shape index (κ1) is 17.4. The van der Waals surface area contributed by atoms with Crippen molar-refractivity contribution < 1.29 is 9.90 Å². The van der Waals surface area contributed by atoms with Gasteiger partial charge in [0, 0.05) is 12.6 Å². The fraction of sp³-hybridized carbons (Fsp3) is 0.938. The van der Waals surface area contributed by atoms with Gasteiger partial charge in [-0.3, -0.25) is 4.79 Å². The zero-order chi connectivity index (χ0) is 15.2. The number of aliphatic carboxylic acids is 1. The number of hydrogen-bond acceptors (Lipinski definition) is 3. The molecule has 0 aromatic heterocycles. The average molecular weight is 284 g/mol. The lowest BCUT2D eigenvalue weighted by Gasteiger charge is -2.35. The number of rotatable bonds is 8. The molecule has 2 unspecified atom stereocenters. The molecule has 0 spiro atoms. The fourth-order valence-electron chi connectivity index (χ4n) is 3.33. The minimum atomic E-state index is -0.824. The second kappa shape index (κ2) is 7.99. The van der Waals surface area contributed by atoms with Crippen molar-refractivity contribution >= 4 is 5.97 Å². The first-order valence-corrected chi connectivity index (χ1v) is 8.07. The van der Waals surface area contributed by atoms with E-state index in [1.807, 2.05) is 6.92 Å². The summed E-state index contributed by atoms with van der Waals surface area (Å²) in [7, 11) is 2.13. The normalized spacial score (nSPS) is 21.6. The first-order valence-electron chi connectivity index (χ1n) is 8.07. The molecular weight excluding hydrogens is 252 g/mol. The van der Waals surface area contributed by atoms with Crippen LogP contribution in [0.5, 0.6) is 0 Å². The lowest BCUT2D eigenvalue weighted by molar-refractivity contribution is -0.145. The van der Waals surface area contributed by atoms with Gasteiger partial charge in [0.2, 0.25) is 0 Å². The topological polar surface area (TPSA) is 52.6 Å². The average Bonchev–Trinajstić information content (AvgIpc) is 2.39. The van der Waals surface area contributed by atoms with Gasteiger partial charge < -0.3 is 15.3 Å². The Hall–Kier alpha value is -0.610. The molecule has 4 heteroatoms. The van der Waals surface area contributed by atoms with Crippen LogP contribution in [0, 0.1) is 5.92 Å². The van der Waals surface area contributed by atoms with E-state index in [0.29, 0.717) is 13.0 Å². The van der Waals surface area contributed by atoms with Gasteiger partial charge in [0.05, 0.1) is 0 Å². The maximum Gasteiger partial charge on any atom is 0.323 e. The van der Waals surface area contributed by atoms with Crippen molar-refractivity contribution in [2.45, 2.75) is 70.9 Å². The molecule has 0 aromatic carbocycles. The fourth-order valence-corrected chi connectivity index (χ4v) is 3.33. The third-order valence-electron chi connectivity index (χ3n) is 4.77. The molecule has 0 radical (unpaired) electrons. The monoisotopic (exact) mass is 284 g/mol. The molecule has 118 valence electrons. The third kappa shape index (κ3) is 5.06. The SMILES string of the molecule is CCNC(C)(CC(C)N(C)CC1CCCCC1)C(=O)O. The number of carboxylic acid groups (broad SMARTS) is 1. The molecule has 1 aliphatic carbocycles. The standard InChI is InChI=1S/C16H32N2O2/c1-5-17-16(3,15(19)20)11-13(2)18(4)12-14-9-7-6-8-10-14/h13-14,17H,5-12H2,1-4H3,(H,19,20). The molecular formula is C16H32N2O2. The molecule has 1 rings (SSSR count). The van der Waals surface area contributed by atoms with Crippen LogP contribution in [0.4, 0.5) is 0 Å². The first-order chi connectivity index (χ1) is 9.39. The van der Waals surface area contributed by atoms with Crippen LogP contribution in [0.3, 0.4) is 0 Å². The highest BCUT2D eigenvalue weighted by atomic mass is 16.4. The molecule has 2 atom stereocenters. The van der Waals surface area contributed by atoms with Crippen LogP contribution in [0.25, 0.3) is 0 Å². The smallest absolute Gasteiger partial charge is 0.323 e. The van der Waals surface area contributed by atoms with Crippen molar-refractivity contribution in [1.29, 1.82) is 0 Å². The molecule has 0 saturated heterocycles. The highest BCUT2D eigenvalue weighted by Crippen LogP contribution is 2.25. The summed E-state index contributed by atoms with van der Waals surface area (Å²) in [6, 6.07) is 0.275. The molecule has 0 heterocycles. The molecule has 0 bridgehead atoms. The van der Waals surface area contributed by atoms with Crippen LogP contribution < -0.4 is 5.32 Å². The van der Waals surface area contributed by atoms with Gasteiger partial charge in [0.25, 0.3) is 0 Å². The molecule has 20 heavy (non-hydrogen) atoms. The summed E-state index contributed by atoms with van der Waals surface area (Å²) >= 11 is 0. The Morgan fingerprint density at radius 2 is 2.00 bits per heavy atom. The van der Waals surface area contributed by atoms with Crippen molar-refractivity contribution in [3.8, 4) is 0 Å². The van der Waals surface area contributed by atoms with E-state index in [4.69, 9.17) is 0 Å². The van der Waals surface area contributed by atoms with Gasteiger partial charge in [-0.1, -0.05) is 26.2 Å². The van der Waals surface area contributed by atoms with Gasteiger partial charge in [-0.05, 0) is 52.6 Å². The Bertz CT molecular complexity index is 303. The van der Waals surface area contributed by atoms with E-state index in [9.17, 15) is 9.90 Å². The van der Waals surface area contributed by atoms with Crippen molar-refractivity contribution in [3.05, 3.63) is 0 Å². The van der Waals surface area contributed by atoms with Crippen molar-refractivity contribution in [2.24, 2.45) is 5.92 Å². The largest absolute Gasteiger partial charge is 0.480 e. The number of nitrogens with one attached hydrogen (secondary N) is 1. The summed E-state index contributed by atoms with van der Waals surface area (Å²) in [5.41, 5.74) is -0.824. The molecule has 0 amide bonds. The highest BCUT2D eigenvalue weighted by molar-refractivity contribution is 5.78. The summed E-state index contributed by atoms with van der Waals surface area (Å²) in [5.74, 6) is 0.0451. The van der Waals surface area contributed by atoms with E-state index in [-0.39, 0.29) is 6.04 Å². The van der Waals surface area contributed by atoms with Gasteiger partial charge in [0.15, 0.2) is 0 Å². The van der Waals surface area contributed by atoms with Crippen LogP contribution in [0.15, 0.2) is 0 Å². The second-order valence-electron chi connectivity index (χ2n) is 6.66. The number of carboxylic acids is 1. The van der Waals surface area contributed by atoms with E-state index < -0.39 is 11.5 Å². The lowest BCUT2D eigenvalue weighted by atomic mass is 9.88. The number of hydrogen-bond donors (Lipinski definition) is 2. The minimum Gasteiger partial charge on any atom is -0.480 e. The van der Waals surface area contributed by atoms with E-state index in [1.54, 1.807) is 6.92 Å². The Morgan fingerprint density at radius 1 is 1.40 bits per heavy atom. The summed E-state index contributed by atoms with van der Waals surface area (Å²) < 4.78 is 0. The predicted molar refractivity (Wildman–Crippen MR) is 83.0 cm³/mol. The van der Waals surface area contributed by atoms with E-state index >= 15 is 0 Å². The zero-order valence-electron chi connectivity index (χ0n) is 13.6. The molecule has 1 aliphatic rings. The number of carbonyl (C=O) groups is 1. The van der Waals surface area contributed by atoms with Crippen molar-refractivity contribution in [2.75, 3.05) is 20.1 Å². The van der Waals surface area contributed by atoms with Gasteiger partial charge in [-0.25, -0.2) is 0 Å². The Labute approximate surface area is 123 Å². The molecule has 1 saturated carbocycles. The summed E-state index contributed by atoms with van der Waals surface area (Å²) in [6.07, 6.45) is 7.40. The van der Waals surface area contributed by atoms with Gasteiger partial charge >= 0.3 is 5.97 Å².